The molecule has 1 heterocycles. The molecule has 0 aliphatic carbocycles. The summed E-state index contributed by atoms with van der Waals surface area (Å²) in [5.41, 5.74) is 5.62. The third-order valence-corrected chi connectivity index (χ3v) is 5.51. The Bertz CT molecular complexity index is 332. The molecule has 1 aliphatic rings. The summed E-state index contributed by atoms with van der Waals surface area (Å²) in [5, 5.41) is 0. The molecule has 5 nitrogen and oxygen atoms in total. The van der Waals surface area contributed by atoms with Crippen LogP contribution >= 0.6 is 12.4 Å². The van der Waals surface area contributed by atoms with Crippen LogP contribution in [0.1, 0.15) is 27.2 Å². The molecule has 1 rings (SSSR count). The quantitative estimate of drug-likeness (QED) is 0.807. The van der Waals surface area contributed by atoms with Crippen LogP contribution in [-0.4, -0.2) is 49.8 Å². The van der Waals surface area contributed by atoms with Crippen molar-refractivity contribution in [3.63, 3.8) is 0 Å². The number of hydrogen-bond donors (Lipinski definition) is 1. The topological polar surface area (TPSA) is 66.6 Å². The molecular formula is C10H24ClN3O2S. The molecule has 1 atom stereocenters. The summed E-state index contributed by atoms with van der Waals surface area (Å²) < 4.78 is 27.5. The highest BCUT2D eigenvalue weighted by Gasteiger charge is 2.40. The van der Waals surface area contributed by atoms with E-state index in [-0.39, 0.29) is 17.8 Å². The second-order valence-corrected chi connectivity index (χ2v) is 6.62. The monoisotopic (exact) mass is 285 g/mol. The van der Waals surface area contributed by atoms with E-state index < -0.39 is 10.2 Å². The molecule has 7 heteroatoms. The molecular weight excluding hydrogens is 262 g/mol. The summed E-state index contributed by atoms with van der Waals surface area (Å²) in [5.74, 6) is 0. The molecule has 0 amide bonds. The van der Waals surface area contributed by atoms with Crippen LogP contribution in [-0.2, 0) is 10.2 Å². The number of nitrogens with two attached hydrogens (primary N) is 1. The highest BCUT2D eigenvalue weighted by atomic mass is 35.5. The Labute approximate surface area is 111 Å². The van der Waals surface area contributed by atoms with E-state index in [0.717, 1.165) is 6.42 Å². The van der Waals surface area contributed by atoms with Gasteiger partial charge in [0.1, 0.15) is 0 Å². The zero-order valence-electron chi connectivity index (χ0n) is 10.8. The standard InChI is InChI=1S/C10H23N3O2S.ClH/c1-4-12(5-2)16(14,15)13-7-6-10(3,8-11)9-13;/h4-9,11H2,1-3H3;1H. The minimum Gasteiger partial charge on any atom is -0.330 e. The van der Waals surface area contributed by atoms with Gasteiger partial charge in [0.05, 0.1) is 0 Å². The minimum absolute atomic E-state index is 0. The third-order valence-electron chi connectivity index (χ3n) is 3.37. The van der Waals surface area contributed by atoms with Gasteiger partial charge in [0.2, 0.25) is 0 Å². The maximum Gasteiger partial charge on any atom is 0.281 e. The molecule has 2 N–H and O–H groups in total. The highest BCUT2D eigenvalue weighted by molar-refractivity contribution is 7.86. The molecule has 0 spiro atoms. The summed E-state index contributed by atoms with van der Waals surface area (Å²) in [6, 6.07) is 0. The van der Waals surface area contributed by atoms with Crippen LogP contribution in [0.2, 0.25) is 0 Å². The molecule has 1 fully saturated rings. The zero-order valence-corrected chi connectivity index (χ0v) is 12.5. The Morgan fingerprint density at radius 2 is 1.88 bits per heavy atom. The van der Waals surface area contributed by atoms with Crippen molar-refractivity contribution < 1.29 is 8.42 Å². The predicted molar refractivity (Wildman–Crippen MR) is 72.4 cm³/mol. The van der Waals surface area contributed by atoms with E-state index in [1.165, 1.54) is 4.31 Å². The lowest BCUT2D eigenvalue weighted by Crippen LogP contribution is -2.43. The van der Waals surface area contributed by atoms with Crippen LogP contribution in [0, 0.1) is 5.41 Å². The van der Waals surface area contributed by atoms with Gasteiger partial charge in [0.15, 0.2) is 0 Å². The number of halogens is 1. The van der Waals surface area contributed by atoms with Crippen molar-refractivity contribution in [2.24, 2.45) is 11.1 Å². The number of nitrogens with zero attached hydrogens (tertiary/aromatic N) is 2. The fraction of sp³-hybridized carbons (Fsp3) is 1.00. The van der Waals surface area contributed by atoms with Crippen LogP contribution in [0.3, 0.4) is 0 Å². The van der Waals surface area contributed by atoms with Crippen molar-refractivity contribution in [3.05, 3.63) is 0 Å². The van der Waals surface area contributed by atoms with Crippen molar-refractivity contribution in [2.75, 3.05) is 32.7 Å². The normalized spacial score (nSPS) is 26.2. The van der Waals surface area contributed by atoms with E-state index in [2.05, 4.69) is 0 Å². The van der Waals surface area contributed by atoms with Gasteiger partial charge < -0.3 is 5.73 Å². The molecule has 1 aliphatic heterocycles. The summed E-state index contributed by atoms with van der Waals surface area (Å²) in [4.78, 5) is 0. The SMILES string of the molecule is CCN(CC)S(=O)(=O)N1CCC(C)(CN)C1.Cl. The van der Waals surface area contributed by atoms with Gasteiger partial charge in [0, 0.05) is 26.2 Å². The van der Waals surface area contributed by atoms with Crippen LogP contribution in [0.4, 0.5) is 0 Å². The third kappa shape index (κ3) is 3.54. The van der Waals surface area contributed by atoms with E-state index in [4.69, 9.17) is 5.73 Å². The van der Waals surface area contributed by atoms with Gasteiger partial charge >= 0.3 is 0 Å². The zero-order chi connectivity index (χ0) is 12.4. The van der Waals surface area contributed by atoms with E-state index >= 15 is 0 Å². The minimum atomic E-state index is -3.27. The second-order valence-electron chi connectivity index (χ2n) is 4.69. The molecule has 0 radical (unpaired) electrons. The second kappa shape index (κ2) is 6.33. The molecule has 17 heavy (non-hydrogen) atoms. The van der Waals surface area contributed by atoms with Gasteiger partial charge in [-0.05, 0) is 18.4 Å². The Balaban J connectivity index is 0.00000256. The Morgan fingerprint density at radius 1 is 1.35 bits per heavy atom. The fourth-order valence-electron chi connectivity index (χ4n) is 2.06. The van der Waals surface area contributed by atoms with E-state index in [0.29, 0.717) is 32.7 Å². The van der Waals surface area contributed by atoms with Crippen molar-refractivity contribution in [3.8, 4) is 0 Å². The molecule has 0 aromatic carbocycles. The molecule has 0 aromatic heterocycles. The summed E-state index contributed by atoms with van der Waals surface area (Å²) >= 11 is 0. The van der Waals surface area contributed by atoms with Gasteiger partial charge in [-0.1, -0.05) is 20.8 Å². The lowest BCUT2D eigenvalue weighted by atomic mass is 9.90. The number of hydrogen-bond acceptors (Lipinski definition) is 3. The van der Waals surface area contributed by atoms with Crippen molar-refractivity contribution in [2.45, 2.75) is 27.2 Å². The molecule has 1 unspecified atom stereocenters. The van der Waals surface area contributed by atoms with Crippen LogP contribution in [0.5, 0.6) is 0 Å². The largest absolute Gasteiger partial charge is 0.330 e. The highest BCUT2D eigenvalue weighted by Crippen LogP contribution is 2.31. The Hall–Kier alpha value is 0.120. The van der Waals surface area contributed by atoms with Crippen LogP contribution in [0.25, 0.3) is 0 Å². The lowest BCUT2D eigenvalue weighted by Gasteiger charge is -2.27. The number of rotatable bonds is 5. The first-order valence-electron chi connectivity index (χ1n) is 5.85. The van der Waals surface area contributed by atoms with Gasteiger partial charge in [-0.3, -0.25) is 0 Å². The summed E-state index contributed by atoms with van der Waals surface area (Å²) in [6.07, 6.45) is 0.851. The van der Waals surface area contributed by atoms with Gasteiger partial charge in [-0.25, -0.2) is 0 Å². The van der Waals surface area contributed by atoms with Crippen molar-refractivity contribution in [1.82, 2.24) is 8.61 Å². The lowest BCUT2D eigenvalue weighted by molar-refractivity contribution is 0.330. The first-order valence-corrected chi connectivity index (χ1v) is 7.24. The molecule has 0 saturated carbocycles. The smallest absolute Gasteiger partial charge is 0.281 e. The maximum atomic E-state index is 12.2. The first kappa shape index (κ1) is 17.1. The predicted octanol–water partition coefficient (Wildman–Crippen LogP) is 0.666. The average molecular weight is 286 g/mol. The van der Waals surface area contributed by atoms with E-state index in [9.17, 15) is 8.42 Å². The van der Waals surface area contributed by atoms with Crippen molar-refractivity contribution >= 4 is 22.6 Å². The van der Waals surface area contributed by atoms with Gasteiger partial charge in [-0.15, -0.1) is 12.4 Å². The molecule has 0 aromatic rings. The molecule has 104 valence electrons. The van der Waals surface area contributed by atoms with Crippen molar-refractivity contribution in [1.29, 1.82) is 0 Å². The molecule has 1 saturated heterocycles. The first-order chi connectivity index (χ1) is 7.39. The van der Waals surface area contributed by atoms with Gasteiger partial charge in [0.25, 0.3) is 10.2 Å². The summed E-state index contributed by atoms with van der Waals surface area (Å²) in [7, 11) is -3.27. The summed E-state index contributed by atoms with van der Waals surface area (Å²) in [6.45, 7) is 8.48. The fourth-order valence-corrected chi connectivity index (χ4v) is 3.83. The Kier molecular flexibility index (Phi) is 6.38. The maximum absolute atomic E-state index is 12.2. The average Bonchev–Trinajstić information content (AvgIpc) is 2.64. The van der Waals surface area contributed by atoms with Crippen LogP contribution in [0.15, 0.2) is 0 Å². The van der Waals surface area contributed by atoms with Crippen LogP contribution < -0.4 is 5.73 Å². The van der Waals surface area contributed by atoms with Gasteiger partial charge in [-0.2, -0.15) is 17.0 Å². The van der Waals surface area contributed by atoms with E-state index in [1.807, 2.05) is 20.8 Å². The van der Waals surface area contributed by atoms with E-state index in [1.54, 1.807) is 4.31 Å². The molecule has 0 bridgehead atoms. The Morgan fingerprint density at radius 3 is 2.24 bits per heavy atom.